The van der Waals surface area contributed by atoms with Gasteiger partial charge in [0.15, 0.2) is 0 Å². The van der Waals surface area contributed by atoms with Crippen LogP contribution < -0.4 is 14.2 Å². The van der Waals surface area contributed by atoms with Gasteiger partial charge >= 0.3 is 0 Å². The Kier molecular flexibility index (Phi) is 3.54. The number of carbonyl (C=O) groups is 1. The first-order valence-electron chi connectivity index (χ1n) is 9.56. The van der Waals surface area contributed by atoms with Crippen molar-refractivity contribution in [3.63, 3.8) is 0 Å². The highest BCUT2D eigenvalue weighted by Crippen LogP contribution is 2.55. The molecule has 0 unspecified atom stereocenters. The van der Waals surface area contributed by atoms with E-state index in [0.29, 0.717) is 6.61 Å². The molecule has 0 radical (unpaired) electrons. The van der Waals surface area contributed by atoms with Gasteiger partial charge in [-0.15, -0.1) is 0 Å². The Morgan fingerprint density at radius 1 is 1.21 bits per heavy atom. The lowest BCUT2D eigenvalue weighted by Crippen LogP contribution is -2.49. The highest BCUT2D eigenvalue weighted by Gasteiger charge is 2.50. The van der Waals surface area contributed by atoms with Crippen LogP contribution in [-0.2, 0) is 0 Å². The summed E-state index contributed by atoms with van der Waals surface area (Å²) in [4.78, 5) is 12.7. The Bertz CT molecular complexity index is 1110. The number of fused-ring (bicyclic) bond motifs is 7. The number of carbonyl (C=O) groups excluding carboxylic acids is 1. The van der Waals surface area contributed by atoms with E-state index in [1.165, 1.54) is 0 Å². The zero-order chi connectivity index (χ0) is 19.6. The van der Waals surface area contributed by atoms with E-state index in [4.69, 9.17) is 14.2 Å². The summed E-state index contributed by atoms with van der Waals surface area (Å²) in [5, 5.41) is 0.903. The number of para-hydroxylation sites is 1. The van der Waals surface area contributed by atoms with E-state index in [2.05, 4.69) is 19.9 Å². The van der Waals surface area contributed by atoms with Crippen LogP contribution in [0.25, 0.3) is 10.9 Å². The number of hydrogen-bond acceptors (Lipinski definition) is 4. The van der Waals surface area contributed by atoms with E-state index in [1.807, 2.05) is 36.4 Å². The molecule has 0 N–H and O–H groups in total. The predicted molar refractivity (Wildman–Crippen MR) is 107 cm³/mol. The van der Waals surface area contributed by atoms with Crippen molar-refractivity contribution >= 4 is 16.8 Å². The summed E-state index contributed by atoms with van der Waals surface area (Å²) in [6, 6.07) is 13.9. The van der Waals surface area contributed by atoms with Gasteiger partial charge < -0.3 is 14.2 Å². The quantitative estimate of drug-likeness (QED) is 0.621. The summed E-state index contributed by atoms with van der Waals surface area (Å²) < 4.78 is 19.8. The Morgan fingerprint density at radius 2 is 2.00 bits per heavy atom. The molecule has 1 aromatic heterocycles. The Morgan fingerprint density at radius 3 is 2.75 bits per heavy atom. The van der Waals surface area contributed by atoms with Crippen molar-refractivity contribution in [1.82, 2.24) is 4.57 Å². The number of methoxy groups -OCH3 is 1. The monoisotopic (exact) mass is 377 g/mol. The maximum absolute atomic E-state index is 12.7. The van der Waals surface area contributed by atoms with Gasteiger partial charge in [-0.1, -0.05) is 18.2 Å². The van der Waals surface area contributed by atoms with E-state index in [9.17, 15) is 4.79 Å². The molecular weight excluding hydrogens is 354 g/mol. The average Bonchev–Trinajstić information content (AvgIpc) is 3.00. The van der Waals surface area contributed by atoms with Crippen LogP contribution in [-0.4, -0.2) is 29.8 Å². The molecule has 0 aliphatic carbocycles. The van der Waals surface area contributed by atoms with Crippen LogP contribution >= 0.6 is 0 Å². The molecule has 2 aliphatic heterocycles. The van der Waals surface area contributed by atoms with Gasteiger partial charge in [0, 0.05) is 29.7 Å². The fourth-order valence-corrected chi connectivity index (χ4v) is 4.76. The second-order valence-electron chi connectivity index (χ2n) is 8.09. The second-order valence-corrected chi connectivity index (χ2v) is 8.09. The first-order chi connectivity index (χ1) is 13.4. The van der Waals surface area contributed by atoms with Crippen LogP contribution in [0.1, 0.15) is 42.7 Å². The Hall–Kier alpha value is -2.95. The maximum Gasteiger partial charge on any atom is 0.228 e. The fraction of sp³-hybridized carbons (Fsp3) is 0.348. The Labute approximate surface area is 163 Å². The zero-order valence-electron chi connectivity index (χ0n) is 16.5. The third-order valence-electron chi connectivity index (χ3n) is 6.11. The maximum atomic E-state index is 12.7. The van der Waals surface area contributed by atoms with Gasteiger partial charge in [0.05, 0.1) is 24.9 Å². The van der Waals surface area contributed by atoms with Gasteiger partial charge in [-0.2, -0.15) is 0 Å². The van der Waals surface area contributed by atoms with Gasteiger partial charge in [-0.3, -0.25) is 9.36 Å². The smallest absolute Gasteiger partial charge is 0.228 e. The first-order valence-corrected chi connectivity index (χ1v) is 9.56. The summed E-state index contributed by atoms with van der Waals surface area (Å²) in [6.45, 7) is 6.35. The molecule has 2 aromatic carbocycles. The van der Waals surface area contributed by atoms with Crippen molar-refractivity contribution in [2.45, 2.75) is 32.3 Å². The van der Waals surface area contributed by atoms with E-state index in [-0.39, 0.29) is 17.7 Å². The molecule has 0 saturated carbocycles. The number of hydrogen-bond donors (Lipinski definition) is 0. The Balaban J connectivity index is 1.89. The predicted octanol–water partition coefficient (Wildman–Crippen LogP) is 4.62. The molecule has 0 amide bonds. The standard InChI is InChI=1S/C23H23NO4/c1-13(25)24-18-10-9-14(26-4)11-16(18)22-21(24)20-15-7-5-6-8-19(15)27-12-17(20)23(2,3)28-22/h5-11,17,20H,12H2,1-4H3/t17-,20+/m1/s1. The van der Waals surface area contributed by atoms with Crippen LogP contribution in [0, 0.1) is 5.92 Å². The zero-order valence-corrected chi connectivity index (χ0v) is 16.5. The number of benzene rings is 2. The third-order valence-corrected chi connectivity index (χ3v) is 6.11. The molecule has 0 bridgehead atoms. The lowest BCUT2D eigenvalue weighted by atomic mass is 9.71. The first kappa shape index (κ1) is 17.2. The fourth-order valence-electron chi connectivity index (χ4n) is 4.76. The molecule has 5 rings (SSSR count). The van der Waals surface area contributed by atoms with E-state index >= 15 is 0 Å². The van der Waals surface area contributed by atoms with E-state index < -0.39 is 5.60 Å². The minimum absolute atomic E-state index is 0.0194. The molecule has 0 saturated heterocycles. The lowest BCUT2D eigenvalue weighted by molar-refractivity contribution is -0.0142. The molecule has 144 valence electrons. The van der Waals surface area contributed by atoms with E-state index in [0.717, 1.165) is 39.4 Å². The third kappa shape index (κ3) is 2.22. The van der Waals surface area contributed by atoms with Gasteiger partial charge in [-0.05, 0) is 38.1 Å². The highest BCUT2D eigenvalue weighted by molar-refractivity contribution is 5.98. The van der Waals surface area contributed by atoms with Crippen LogP contribution in [0.15, 0.2) is 42.5 Å². The van der Waals surface area contributed by atoms with Gasteiger partial charge in [-0.25, -0.2) is 0 Å². The number of rotatable bonds is 1. The van der Waals surface area contributed by atoms with Crippen molar-refractivity contribution in [1.29, 1.82) is 0 Å². The molecule has 2 aliphatic rings. The molecule has 0 fully saturated rings. The molecule has 3 heterocycles. The SMILES string of the molecule is COc1ccc2c(c1)c1c(n2C(C)=O)[C@H]2c3ccccc3OC[C@H]2C(C)(C)O1. The van der Waals surface area contributed by atoms with Crippen molar-refractivity contribution in [2.24, 2.45) is 5.92 Å². The summed E-state index contributed by atoms with van der Waals surface area (Å²) in [7, 11) is 1.64. The molecule has 3 aromatic rings. The van der Waals surface area contributed by atoms with Crippen LogP contribution in [0.2, 0.25) is 0 Å². The van der Waals surface area contributed by atoms with E-state index in [1.54, 1.807) is 18.6 Å². The van der Waals surface area contributed by atoms with Crippen LogP contribution in [0.4, 0.5) is 0 Å². The molecule has 2 atom stereocenters. The number of ether oxygens (including phenoxy) is 3. The van der Waals surface area contributed by atoms with Gasteiger partial charge in [0.1, 0.15) is 22.8 Å². The molecular formula is C23H23NO4. The molecule has 5 nitrogen and oxygen atoms in total. The van der Waals surface area contributed by atoms with Crippen molar-refractivity contribution in [2.75, 3.05) is 13.7 Å². The largest absolute Gasteiger partial charge is 0.497 e. The van der Waals surface area contributed by atoms with Crippen molar-refractivity contribution in [3.05, 3.63) is 53.7 Å². The summed E-state index contributed by atoms with van der Waals surface area (Å²) in [5.74, 6) is 2.48. The molecule has 5 heteroatoms. The highest BCUT2D eigenvalue weighted by atomic mass is 16.5. The topological polar surface area (TPSA) is 49.7 Å². The summed E-state index contributed by atoms with van der Waals surface area (Å²) >= 11 is 0. The van der Waals surface area contributed by atoms with Crippen LogP contribution in [0.5, 0.6) is 17.2 Å². The van der Waals surface area contributed by atoms with Crippen molar-refractivity contribution < 1.29 is 19.0 Å². The minimum Gasteiger partial charge on any atom is -0.497 e. The molecule has 0 spiro atoms. The summed E-state index contributed by atoms with van der Waals surface area (Å²) in [5.41, 5.74) is 2.42. The lowest BCUT2D eigenvalue weighted by Gasteiger charge is -2.46. The van der Waals surface area contributed by atoms with Gasteiger partial charge in [0.2, 0.25) is 5.91 Å². The minimum atomic E-state index is -0.440. The second kappa shape index (κ2) is 5.77. The van der Waals surface area contributed by atoms with Crippen LogP contribution in [0.3, 0.4) is 0 Å². The molecule has 28 heavy (non-hydrogen) atoms. The number of aromatic nitrogens is 1. The van der Waals surface area contributed by atoms with Crippen molar-refractivity contribution in [3.8, 4) is 17.2 Å². The van der Waals surface area contributed by atoms with Gasteiger partial charge in [0.25, 0.3) is 0 Å². The number of nitrogens with zero attached hydrogens (tertiary/aromatic N) is 1. The average molecular weight is 377 g/mol. The summed E-state index contributed by atoms with van der Waals surface area (Å²) in [6.07, 6.45) is 0. The normalized spacial score (nSPS) is 21.7.